The van der Waals surface area contributed by atoms with Crippen molar-refractivity contribution in [2.75, 3.05) is 0 Å². The molecule has 0 saturated carbocycles. The Morgan fingerprint density at radius 2 is 1.75 bits per heavy atom. The van der Waals surface area contributed by atoms with E-state index in [-0.39, 0.29) is 5.76 Å². The third kappa shape index (κ3) is 2.06. The molecular weight excluding hydrogens is 200 g/mol. The van der Waals surface area contributed by atoms with Gasteiger partial charge in [-0.2, -0.15) is 0 Å². The van der Waals surface area contributed by atoms with Gasteiger partial charge in [-0.15, -0.1) is 0 Å². The van der Waals surface area contributed by atoms with Crippen LogP contribution in [-0.4, -0.2) is 6.29 Å². The van der Waals surface area contributed by atoms with Gasteiger partial charge in [0.25, 0.3) is 6.29 Å². The first-order valence-corrected chi connectivity index (χ1v) is 5.29. The number of carbonyl (C=O) groups excluding carboxylic acids is 1. The zero-order chi connectivity index (χ0) is 11.5. The quantitative estimate of drug-likeness (QED) is 0.780. The Balaban J connectivity index is 2.30. The van der Waals surface area contributed by atoms with Gasteiger partial charge in [0.2, 0.25) is 0 Å². The molecule has 0 unspecified atom stereocenters. The molecule has 16 heavy (non-hydrogen) atoms. The van der Waals surface area contributed by atoms with Crippen molar-refractivity contribution in [3.05, 3.63) is 47.7 Å². The molecule has 2 nitrogen and oxygen atoms in total. The molecule has 2 aromatic rings. The van der Waals surface area contributed by atoms with Gasteiger partial charge < -0.3 is 4.42 Å². The van der Waals surface area contributed by atoms with E-state index in [9.17, 15) is 4.79 Å². The van der Waals surface area contributed by atoms with Gasteiger partial charge in [0.15, 0.2) is 5.76 Å². The minimum absolute atomic E-state index is 0.239. The summed E-state index contributed by atoms with van der Waals surface area (Å²) in [5.41, 5.74) is 2.27. The van der Waals surface area contributed by atoms with Crippen LogP contribution in [0.25, 0.3) is 11.3 Å². The standard InChI is InChI=1S/C14H13O2/c1-10(2)11-3-5-12(6-4-11)14-8-7-13(9-15)16-14/h3-8,10H,1-2H3. The van der Waals surface area contributed by atoms with Crippen molar-refractivity contribution in [1.82, 2.24) is 0 Å². The fourth-order valence-corrected chi connectivity index (χ4v) is 1.58. The lowest BCUT2D eigenvalue weighted by molar-refractivity contribution is 0.525. The average molecular weight is 213 g/mol. The number of benzene rings is 1. The molecule has 0 N–H and O–H groups in total. The van der Waals surface area contributed by atoms with Crippen LogP contribution in [0.2, 0.25) is 0 Å². The number of furan rings is 1. The summed E-state index contributed by atoms with van der Waals surface area (Å²) in [6, 6.07) is 11.6. The molecule has 0 aliphatic heterocycles. The molecule has 0 aliphatic carbocycles. The third-order valence-electron chi connectivity index (χ3n) is 2.57. The van der Waals surface area contributed by atoms with Crippen molar-refractivity contribution in [2.45, 2.75) is 19.8 Å². The topological polar surface area (TPSA) is 30.2 Å². The SMILES string of the molecule is CC(C)c1ccc(-c2ccc([C]=O)o2)cc1. The summed E-state index contributed by atoms with van der Waals surface area (Å²) in [5.74, 6) is 1.46. The van der Waals surface area contributed by atoms with Gasteiger partial charge in [-0.25, -0.2) is 0 Å². The van der Waals surface area contributed by atoms with Crippen LogP contribution < -0.4 is 0 Å². The van der Waals surface area contributed by atoms with Gasteiger partial charge in [-0.1, -0.05) is 38.1 Å². The lowest BCUT2D eigenvalue weighted by Gasteiger charge is -2.05. The van der Waals surface area contributed by atoms with E-state index in [2.05, 4.69) is 26.0 Å². The van der Waals surface area contributed by atoms with Crippen LogP contribution >= 0.6 is 0 Å². The number of rotatable bonds is 3. The molecule has 1 aromatic carbocycles. The Morgan fingerprint density at radius 3 is 2.25 bits per heavy atom. The highest BCUT2D eigenvalue weighted by molar-refractivity contribution is 5.73. The maximum absolute atomic E-state index is 10.4. The van der Waals surface area contributed by atoms with E-state index in [1.165, 1.54) is 5.56 Å². The molecule has 0 aliphatic rings. The second kappa shape index (κ2) is 4.35. The summed E-state index contributed by atoms with van der Waals surface area (Å²) in [6.45, 7) is 4.31. The molecule has 0 amide bonds. The monoisotopic (exact) mass is 213 g/mol. The first-order valence-electron chi connectivity index (χ1n) is 5.29. The van der Waals surface area contributed by atoms with E-state index in [0.29, 0.717) is 11.7 Å². The summed E-state index contributed by atoms with van der Waals surface area (Å²) in [5, 5.41) is 0. The van der Waals surface area contributed by atoms with E-state index >= 15 is 0 Å². The molecule has 2 rings (SSSR count). The summed E-state index contributed by atoms with van der Waals surface area (Å²) >= 11 is 0. The molecule has 1 aromatic heterocycles. The molecular formula is C14H13O2. The molecule has 0 spiro atoms. The van der Waals surface area contributed by atoms with Crippen LogP contribution in [0.1, 0.15) is 31.1 Å². The molecule has 0 atom stereocenters. The normalized spacial score (nSPS) is 10.7. The lowest BCUT2D eigenvalue weighted by Crippen LogP contribution is -1.85. The number of hydrogen-bond acceptors (Lipinski definition) is 2. The van der Waals surface area contributed by atoms with E-state index in [1.807, 2.05) is 12.1 Å². The van der Waals surface area contributed by atoms with Crippen LogP contribution in [-0.2, 0) is 4.79 Å². The Hall–Kier alpha value is -1.83. The van der Waals surface area contributed by atoms with E-state index in [0.717, 1.165) is 5.56 Å². The van der Waals surface area contributed by atoms with Crippen molar-refractivity contribution in [3.8, 4) is 11.3 Å². The molecule has 81 valence electrons. The Labute approximate surface area is 94.9 Å². The maximum atomic E-state index is 10.4. The van der Waals surface area contributed by atoms with E-state index < -0.39 is 0 Å². The minimum Gasteiger partial charge on any atom is -0.452 e. The Bertz CT molecular complexity index is 478. The summed E-state index contributed by atoms with van der Waals surface area (Å²) < 4.78 is 5.30. The van der Waals surface area contributed by atoms with Gasteiger partial charge in [0.05, 0.1) is 0 Å². The second-order valence-corrected chi connectivity index (χ2v) is 4.04. The largest absolute Gasteiger partial charge is 0.452 e. The van der Waals surface area contributed by atoms with Gasteiger partial charge >= 0.3 is 0 Å². The smallest absolute Gasteiger partial charge is 0.271 e. The van der Waals surface area contributed by atoms with Gasteiger partial charge in [-0.05, 0) is 23.6 Å². The highest BCUT2D eigenvalue weighted by Crippen LogP contribution is 2.23. The maximum Gasteiger partial charge on any atom is 0.271 e. The molecule has 0 fully saturated rings. The van der Waals surface area contributed by atoms with Crippen LogP contribution in [0.5, 0.6) is 0 Å². The zero-order valence-corrected chi connectivity index (χ0v) is 9.36. The third-order valence-corrected chi connectivity index (χ3v) is 2.57. The molecule has 0 bridgehead atoms. The fourth-order valence-electron chi connectivity index (χ4n) is 1.58. The van der Waals surface area contributed by atoms with Crippen molar-refractivity contribution in [1.29, 1.82) is 0 Å². The predicted molar refractivity (Wildman–Crippen MR) is 63.0 cm³/mol. The fraction of sp³-hybridized carbons (Fsp3) is 0.214. The summed E-state index contributed by atoms with van der Waals surface area (Å²) in [7, 11) is 0. The van der Waals surface area contributed by atoms with Gasteiger partial charge in [-0.3, -0.25) is 4.79 Å². The summed E-state index contributed by atoms with van der Waals surface area (Å²) in [4.78, 5) is 10.4. The highest BCUT2D eigenvalue weighted by Gasteiger charge is 2.05. The van der Waals surface area contributed by atoms with Gasteiger partial charge in [0.1, 0.15) is 5.76 Å². The Morgan fingerprint density at radius 1 is 1.06 bits per heavy atom. The van der Waals surface area contributed by atoms with Crippen molar-refractivity contribution in [2.24, 2.45) is 0 Å². The summed E-state index contributed by atoms with van der Waals surface area (Å²) in [6.07, 6.45) is 1.73. The Kier molecular flexibility index (Phi) is 2.91. The second-order valence-electron chi connectivity index (χ2n) is 4.04. The van der Waals surface area contributed by atoms with E-state index in [4.69, 9.17) is 4.42 Å². The van der Waals surface area contributed by atoms with Crippen molar-refractivity contribution in [3.63, 3.8) is 0 Å². The van der Waals surface area contributed by atoms with E-state index in [1.54, 1.807) is 18.4 Å². The van der Waals surface area contributed by atoms with Crippen LogP contribution in [0.3, 0.4) is 0 Å². The average Bonchev–Trinajstić information content (AvgIpc) is 2.77. The molecule has 0 saturated heterocycles. The minimum atomic E-state index is 0.239. The van der Waals surface area contributed by atoms with Crippen molar-refractivity contribution < 1.29 is 9.21 Å². The van der Waals surface area contributed by atoms with Crippen LogP contribution in [0.4, 0.5) is 0 Å². The number of hydrogen-bond donors (Lipinski definition) is 0. The van der Waals surface area contributed by atoms with Crippen LogP contribution in [0, 0.1) is 0 Å². The molecule has 1 radical (unpaired) electrons. The molecule has 2 heteroatoms. The van der Waals surface area contributed by atoms with Crippen LogP contribution in [0.15, 0.2) is 40.8 Å². The highest BCUT2D eigenvalue weighted by atomic mass is 16.3. The molecule has 1 heterocycles. The van der Waals surface area contributed by atoms with Gasteiger partial charge in [0, 0.05) is 5.56 Å². The zero-order valence-electron chi connectivity index (χ0n) is 9.36. The first-order chi connectivity index (χ1) is 7.70. The lowest BCUT2D eigenvalue weighted by atomic mass is 10.0. The van der Waals surface area contributed by atoms with Crippen molar-refractivity contribution >= 4 is 6.29 Å². The predicted octanol–water partition coefficient (Wildman–Crippen LogP) is 3.53. The first kappa shape index (κ1) is 10.7.